The largest absolute Gasteiger partial charge is 0.549 e. The standard InChI is InChI=1S/C10H10N2O4S/c1-5-7(3-4-15-5)8-11-12-10(16-8)17-6(2)9(13)14/h3-4,6H,1-2H3,(H,13,14)/p-1/t6-/m1/s1. The number of aliphatic carboxylic acids is 1. The second-order valence-electron chi connectivity index (χ2n) is 3.34. The third-order valence-corrected chi connectivity index (χ3v) is 3.02. The molecule has 0 saturated heterocycles. The zero-order valence-electron chi connectivity index (χ0n) is 9.17. The van der Waals surface area contributed by atoms with Crippen LogP contribution in [0.25, 0.3) is 11.5 Å². The van der Waals surface area contributed by atoms with Crippen molar-refractivity contribution in [2.24, 2.45) is 0 Å². The van der Waals surface area contributed by atoms with E-state index in [-0.39, 0.29) is 5.22 Å². The molecule has 2 heterocycles. The minimum atomic E-state index is -1.17. The van der Waals surface area contributed by atoms with Crippen molar-refractivity contribution in [2.75, 3.05) is 0 Å². The summed E-state index contributed by atoms with van der Waals surface area (Å²) in [6.45, 7) is 3.27. The summed E-state index contributed by atoms with van der Waals surface area (Å²) in [5, 5.41) is 17.6. The lowest BCUT2D eigenvalue weighted by molar-refractivity contribution is -0.304. The fourth-order valence-electron chi connectivity index (χ4n) is 1.17. The summed E-state index contributed by atoms with van der Waals surface area (Å²) in [5.74, 6) is -0.198. The third kappa shape index (κ3) is 2.50. The molecule has 6 nitrogen and oxygen atoms in total. The first-order valence-electron chi connectivity index (χ1n) is 4.83. The highest BCUT2D eigenvalue weighted by molar-refractivity contribution is 8.00. The molecule has 2 aromatic heterocycles. The van der Waals surface area contributed by atoms with Crippen LogP contribution < -0.4 is 5.11 Å². The molecule has 1 atom stereocenters. The monoisotopic (exact) mass is 253 g/mol. The predicted octanol–water partition coefficient (Wildman–Crippen LogP) is 0.869. The summed E-state index contributed by atoms with van der Waals surface area (Å²) in [4.78, 5) is 10.6. The highest BCUT2D eigenvalue weighted by Gasteiger charge is 2.15. The summed E-state index contributed by atoms with van der Waals surface area (Å²) in [6.07, 6.45) is 1.52. The fraction of sp³-hybridized carbons (Fsp3) is 0.300. The Labute approximate surface area is 101 Å². The number of hydrogen-bond donors (Lipinski definition) is 0. The van der Waals surface area contributed by atoms with Crippen LogP contribution >= 0.6 is 11.8 Å². The number of nitrogens with zero attached hydrogens (tertiary/aromatic N) is 2. The van der Waals surface area contributed by atoms with Crippen molar-refractivity contribution in [3.63, 3.8) is 0 Å². The number of carboxylic acid groups (broad SMARTS) is 1. The predicted molar refractivity (Wildman–Crippen MR) is 57.1 cm³/mol. The highest BCUT2D eigenvalue weighted by atomic mass is 32.2. The van der Waals surface area contributed by atoms with Gasteiger partial charge in [0, 0.05) is 0 Å². The second-order valence-corrected chi connectivity index (χ2v) is 4.63. The fourth-order valence-corrected chi connectivity index (χ4v) is 1.79. The molecule has 0 spiro atoms. The van der Waals surface area contributed by atoms with E-state index in [1.807, 2.05) is 0 Å². The van der Waals surface area contributed by atoms with Gasteiger partial charge in [-0.1, -0.05) is 11.8 Å². The molecule has 0 radical (unpaired) electrons. The SMILES string of the molecule is Cc1occc1-c1nnc(S[C@H](C)C(=O)[O-])o1. The maximum atomic E-state index is 10.6. The molecule has 0 unspecified atom stereocenters. The maximum Gasteiger partial charge on any atom is 0.277 e. The van der Waals surface area contributed by atoms with E-state index in [1.165, 1.54) is 13.2 Å². The van der Waals surface area contributed by atoms with Gasteiger partial charge in [-0.25, -0.2) is 0 Å². The molecule has 0 aliphatic rings. The molecule has 0 aliphatic heterocycles. The lowest BCUT2D eigenvalue weighted by Crippen LogP contribution is -2.31. The molecular weight excluding hydrogens is 244 g/mol. The molecule has 0 bridgehead atoms. The normalized spacial score (nSPS) is 12.6. The first-order chi connectivity index (χ1) is 8.08. The van der Waals surface area contributed by atoms with Crippen molar-refractivity contribution in [2.45, 2.75) is 24.3 Å². The molecule has 0 aromatic carbocycles. The lowest BCUT2D eigenvalue weighted by atomic mass is 10.3. The van der Waals surface area contributed by atoms with Gasteiger partial charge in [-0.2, -0.15) is 0 Å². The van der Waals surface area contributed by atoms with Crippen LogP contribution in [0.3, 0.4) is 0 Å². The minimum absolute atomic E-state index is 0.192. The molecule has 0 fully saturated rings. The van der Waals surface area contributed by atoms with E-state index in [4.69, 9.17) is 8.83 Å². The average Bonchev–Trinajstić information content (AvgIpc) is 2.86. The van der Waals surface area contributed by atoms with Crippen LogP contribution in [0.5, 0.6) is 0 Å². The number of carboxylic acids is 1. The van der Waals surface area contributed by atoms with E-state index in [9.17, 15) is 9.90 Å². The molecule has 90 valence electrons. The topological polar surface area (TPSA) is 92.2 Å². The summed E-state index contributed by atoms with van der Waals surface area (Å²) < 4.78 is 10.4. The molecule has 0 aliphatic carbocycles. The first kappa shape index (κ1) is 11.7. The summed E-state index contributed by atoms with van der Waals surface area (Å²) in [5.41, 5.74) is 0.699. The van der Waals surface area contributed by atoms with Crippen molar-refractivity contribution in [3.8, 4) is 11.5 Å². The van der Waals surface area contributed by atoms with Gasteiger partial charge in [0.2, 0.25) is 0 Å². The first-order valence-corrected chi connectivity index (χ1v) is 5.71. The number of furan rings is 1. The van der Waals surface area contributed by atoms with Crippen molar-refractivity contribution < 1.29 is 18.7 Å². The van der Waals surface area contributed by atoms with E-state index < -0.39 is 11.2 Å². The van der Waals surface area contributed by atoms with Gasteiger partial charge in [0.1, 0.15) is 5.76 Å². The van der Waals surface area contributed by atoms with Gasteiger partial charge in [0.05, 0.1) is 23.0 Å². The molecular formula is C10H9N2O4S-. The quantitative estimate of drug-likeness (QED) is 0.746. The van der Waals surface area contributed by atoms with Gasteiger partial charge < -0.3 is 18.7 Å². The van der Waals surface area contributed by atoms with E-state index in [1.54, 1.807) is 13.0 Å². The van der Waals surface area contributed by atoms with Gasteiger partial charge in [0.15, 0.2) is 0 Å². The number of hydrogen-bond acceptors (Lipinski definition) is 7. The zero-order valence-corrected chi connectivity index (χ0v) is 9.98. The number of thioether (sulfide) groups is 1. The third-order valence-electron chi connectivity index (χ3n) is 2.11. The molecule has 2 rings (SSSR count). The molecule has 0 amide bonds. The number of carbonyl (C=O) groups excluding carboxylic acids is 1. The van der Waals surface area contributed by atoms with Crippen molar-refractivity contribution in [1.29, 1.82) is 0 Å². The van der Waals surface area contributed by atoms with Crippen LogP contribution in [0.1, 0.15) is 12.7 Å². The Balaban J connectivity index is 2.17. The average molecular weight is 253 g/mol. The summed E-state index contributed by atoms with van der Waals surface area (Å²) >= 11 is 0.943. The molecule has 0 saturated carbocycles. The number of aryl methyl sites for hydroxylation is 1. The second kappa shape index (κ2) is 4.62. The van der Waals surface area contributed by atoms with Crippen LogP contribution in [-0.2, 0) is 4.79 Å². The van der Waals surface area contributed by atoms with Gasteiger partial charge >= 0.3 is 0 Å². The number of rotatable bonds is 4. The van der Waals surface area contributed by atoms with E-state index in [0.29, 0.717) is 17.2 Å². The highest BCUT2D eigenvalue weighted by Crippen LogP contribution is 2.27. The van der Waals surface area contributed by atoms with Crippen molar-refractivity contribution in [3.05, 3.63) is 18.1 Å². The Morgan fingerprint density at radius 2 is 2.29 bits per heavy atom. The van der Waals surface area contributed by atoms with Crippen molar-refractivity contribution >= 4 is 17.7 Å². The van der Waals surface area contributed by atoms with Gasteiger partial charge in [-0.15, -0.1) is 10.2 Å². The number of aromatic nitrogens is 2. The zero-order chi connectivity index (χ0) is 12.4. The van der Waals surface area contributed by atoms with Crippen LogP contribution in [-0.4, -0.2) is 21.4 Å². The van der Waals surface area contributed by atoms with E-state index in [2.05, 4.69) is 10.2 Å². The van der Waals surface area contributed by atoms with Crippen LogP contribution in [0, 0.1) is 6.92 Å². The molecule has 17 heavy (non-hydrogen) atoms. The Bertz CT molecular complexity index is 534. The summed E-state index contributed by atoms with van der Waals surface area (Å²) in [6, 6.07) is 1.71. The van der Waals surface area contributed by atoms with Crippen LogP contribution in [0.15, 0.2) is 26.4 Å². The Hall–Kier alpha value is -1.76. The number of carbonyl (C=O) groups is 1. The lowest BCUT2D eigenvalue weighted by Gasteiger charge is -2.07. The summed E-state index contributed by atoms with van der Waals surface area (Å²) in [7, 11) is 0. The Morgan fingerprint density at radius 3 is 2.88 bits per heavy atom. The Morgan fingerprint density at radius 1 is 1.53 bits per heavy atom. The van der Waals surface area contributed by atoms with Gasteiger partial charge in [-0.3, -0.25) is 0 Å². The van der Waals surface area contributed by atoms with Gasteiger partial charge in [-0.05, 0) is 19.9 Å². The molecule has 2 aromatic rings. The molecule has 7 heteroatoms. The van der Waals surface area contributed by atoms with Gasteiger partial charge in [0.25, 0.3) is 11.1 Å². The van der Waals surface area contributed by atoms with Crippen LogP contribution in [0.4, 0.5) is 0 Å². The van der Waals surface area contributed by atoms with Crippen LogP contribution in [0.2, 0.25) is 0 Å². The van der Waals surface area contributed by atoms with E-state index in [0.717, 1.165) is 11.8 Å². The minimum Gasteiger partial charge on any atom is -0.549 e. The molecule has 0 N–H and O–H groups in total. The maximum absolute atomic E-state index is 10.6. The van der Waals surface area contributed by atoms with Crippen molar-refractivity contribution in [1.82, 2.24) is 10.2 Å². The van der Waals surface area contributed by atoms with E-state index >= 15 is 0 Å². The Kier molecular flexibility index (Phi) is 3.19. The smallest absolute Gasteiger partial charge is 0.277 e.